The molecule has 0 saturated carbocycles. The largest absolute Gasteiger partial charge is 0.389 e. The Kier molecular flexibility index (Phi) is 7.80. The van der Waals surface area contributed by atoms with Crippen LogP contribution in [-0.2, 0) is 19.3 Å². The first-order valence-corrected chi connectivity index (χ1v) is 17.9. The quantitative estimate of drug-likeness (QED) is 0.194. The number of aromatic nitrogens is 6. The molecule has 1 fully saturated rings. The van der Waals surface area contributed by atoms with Crippen LogP contribution in [0.2, 0.25) is 0 Å². The van der Waals surface area contributed by atoms with E-state index >= 15 is 0 Å². The minimum Gasteiger partial charge on any atom is -0.389 e. The average molecular weight is 664 g/mol. The van der Waals surface area contributed by atoms with Gasteiger partial charge in [-0.3, -0.25) is 0 Å². The van der Waals surface area contributed by atoms with Crippen molar-refractivity contribution >= 4 is 39.0 Å². The van der Waals surface area contributed by atoms with Gasteiger partial charge in [-0.25, -0.2) is 19.6 Å². The molecular weight excluding hydrogens is 623 g/mol. The summed E-state index contributed by atoms with van der Waals surface area (Å²) >= 11 is 1.58. The molecule has 5 unspecified atom stereocenters. The minimum atomic E-state index is -0.169. The number of nitrogens with zero attached hydrogens (tertiary/aromatic N) is 8. The van der Waals surface area contributed by atoms with Gasteiger partial charge in [-0.2, -0.15) is 10.4 Å². The van der Waals surface area contributed by atoms with Gasteiger partial charge in [-0.1, -0.05) is 11.2 Å². The maximum atomic E-state index is 9.86. The standard InChI is InChI=1S/C35H41N11OS/c1-18(26-8-5-11-29(37)41-26)40-33-25-17-39-46(19(2)27-9-6-14-45(27)3)35(25)43-34(42-33)30-22-13-12-20-15-23-24(16-36)32(38)48-28(23)10-4-7-21(20)31(22)47-44-30/h5,8,11,17-21,27H,4,6-7,9-10,12-15,38H2,1-3H3,(H2,37,41)(H,40,42,43). The summed E-state index contributed by atoms with van der Waals surface area (Å²) in [6.07, 6.45) is 9.72. The fourth-order valence-electron chi connectivity index (χ4n) is 8.34. The number of anilines is 3. The van der Waals surface area contributed by atoms with Gasteiger partial charge in [0.25, 0.3) is 0 Å². The summed E-state index contributed by atoms with van der Waals surface area (Å²) in [5.74, 6) is 3.19. The molecule has 0 radical (unpaired) electrons. The van der Waals surface area contributed by atoms with E-state index in [0.717, 1.165) is 85.1 Å². The second-order valence-corrected chi connectivity index (χ2v) is 14.9. The van der Waals surface area contributed by atoms with Crippen LogP contribution in [0.25, 0.3) is 22.6 Å². The summed E-state index contributed by atoms with van der Waals surface area (Å²) in [7, 11) is 2.19. The molecule has 1 saturated heterocycles. The Morgan fingerprint density at radius 3 is 2.75 bits per heavy atom. The SMILES string of the molecule is CC(Nc1nc(-c2noc3c2CCC2Cc4c(sc(N)c4C#N)CCCC32)nc2c1cnn2C(C)C1CCCN1C)c1cccc(N)n1. The number of thiophene rings is 1. The summed E-state index contributed by atoms with van der Waals surface area (Å²) in [6, 6.07) is 8.35. The average Bonchev–Trinajstić information content (AvgIpc) is 3.86. The second-order valence-electron chi connectivity index (χ2n) is 13.7. The first kappa shape index (κ1) is 30.8. The van der Waals surface area contributed by atoms with Crippen molar-refractivity contribution in [1.29, 1.82) is 5.26 Å². The molecule has 48 heavy (non-hydrogen) atoms. The van der Waals surface area contributed by atoms with Crippen LogP contribution in [0.3, 0.4) is 0 Å². The molecule has 5 N–H and O–H groups in total. The van der Waals surface area contributed by atoms with Crippen molar-refractivity contribution < 1.29 is 4.52 Å². The van der Waals surface area contributed by atoms with Gasteiger partial charge in [0.1, 0.15) is 28.5 Å². The van der Waals surface area contributed by atoms with Gasteiger partial charge in [0.05, 0.1) is 34.9 Å². The minimum absolute atomic E-state index is 0.120. The number of hydrogen-bond donors (Lipinski definition) is 3. The van der Waals surface area contributed by atoms with Crippen LogP contribution in [0.4, 0.5) is 16.6 Å². The first-order chi connectivity index (χ1) is 23.3. The van der Waals surface area contributed by atoms with E-state index in [-0.39, 0.29) is 18.0 Å². The predicted octanol–water partition coefficient (Wildman–Crippen LogP) is 6.03. The zero-order valence-corrected chi connectivity index (χ0v) is 28.4. The van der Waals surface area contributed by atoms with Crippen molar-refractivity contribution in [3.8, 4) is 17.6 Å². The number of hydrogen-bond acceptors (Lipinski definition) is 12. The van der Waals surface area contributed by atoms with E-state index in [1.54, 1.807) is 17.4 Å². The number of rotatable bonds is 6. The van der Waals surface area contributed by atoms with Crippen LogP contribution >= 0.6 is 11.3 Å². The van der Waals surface area contributed by atoms with E-state index < -0.39 is 0 Å². The highest BCUT2D eigenvalue weighted by atomic mass is 32.1. The molecule has 8 rings (SSSR count). The number of nitriles is 1. The van der Waals surface area contributed by atoms with Gasteiger partial charge in [0.2, 0.25) is 0 Å². The Balaban J connectivity index is 1.19. The first-order valence-electron chi connectivity index (χ1n) is 17.0. The van der Waals surface area contributed by atoms with Crippen molar-refractivity contribution in [2.45, 2.75) is 89.3 Å². The zero-order valence-electron chi connectivity index (χ0n) is 27.6. The summed E-state index contributed by atoms with van der Waals surface area (Å²) in [4.78, 5) is 18.5. The molecule has 12 nitrogen and oxygen atoms in total. The topological polar surface area (TPSA) is 174 Å². The van der Waals surface area contributed by atoms with Crippen LogP contribution in [0.5, 0.6) is 0 Å². The van der Waals surface area contributed by atoms with Gasteiger partial charge in [-0.15, -0.1) is 11.3 Å². The summed E-state index contributed by atoms with van der Waals surface area (Å²) in [5.41, 5.74) is 17.5. The van der Waals surface area contributed by atoms with Gasteiger partial charge in [0.15, 0.2) is 17.2 Å². The number of aryl methyl sites for hydroxylation is 1. The molecule has 5 atom stereocenters. The van der Waals surface area contributed by atoms with Crippen molar-refractivity contribution in [2.75, 3.05) is 30.4 Å². The number of likely N-dealkylation sites (N-methyl/N-ethyl adjacent to an activating group) is 1. The molecule has 0 spiro atoms. The molecule has 5 aromatic rings. The lowest BCUT2D eigenvalue weighted by atomic mass is 9.72. The summed E-state index contributed by atoms with van der Waals surface area (Å²) in [5, 5.41) is 24.5. The Hall–Kier alpha value is -4.54. The molecule has 0 bridgehead atoms. The van der Waals surface area contributed by atoms with Gasteiger partial charge in [0, 0.05) is 22.4 Å². The molecule has 3 aliphatic rings. The Morgan fingerprint density at radius 2 is 1.96 bits per heavy atom. The lowest BCUT2D eigenvalue weighted by molar-refractivity contribution is 0.232. The molecule has 5 aromatic heterocycles. The van der Waals surface area contributed by atoms with E-state index in [2.05, 4.69) is 45.1 Å². The monoisotopic (exact) mass is 663 g/mol. The normalized spacial score (nSPS) is 22.2. The predicted molar refractivity (Wildman–Crippen MR) is 187 cm³/mol. The van der Waals surface area contributed by atoms with Crippen molar-refractivity contribution in [3.63, 3.8) is 0 Å². The number of nitrogens with two attached hydrogens (primary N) is 2. The van der Waals surface area contributed by atoms with Crippen LogP contribution < -0.4 is 16.8 Å². The molecule has 13 heteroatoms. The summed E-state index contributed by atoms with van der Waals surface area (Å²) < 4.78 is 8.29. The Labute approximate surface area is 283 Å². The lowest BCUT2D eigenvalue weighted by Gasteiger charge is -2.32. The maximum Gasteiger partial charge on any atom is 0.186 e. The van der Waals surface area contributed by atoms with Gasteiger partial charge >= 0.3 is 0 Å². The van der Waals surface area contributed by atoms with Crippen LogP contribution in [0.15, 0.2) is 28.9 Å². The highest BCUT2D eigenvalue weighted by Gasteiger charge is 2.38. The zero-order chi connectivity index (χ0) is 33.1. The molecule has 0 amide bonds. The third kappa shape index (κ3) is 5.18. The summed E-state index contributed by atoms with van der Waals surface area (Å²) in [6.45, 7) is 5.36. The molecule has 0 aromatic carbocycles. The van der Waals surface area contributed by atoms with Gasteiger partial charge < -0.3 is 26.2 Å². The third-order valence-electron chi connectivity index (χ3n) is 10.9. The third-order valence-corrected chi connectivity index (χ3v) is 12.0. The van der Waals surface area contributed by atoms with E-state index in [1.165, 1.54) is 11.3 Å². The van der Waals surface area contributed by atoms with Crippen molar-refractivity contribution in [2.24, 2.45) is 5.92 Å². The molecule has 6 heterocycles. The molecule has 248 valence electrons. The number of nitrogens with one attached hydrogen (secondary N) is 1. The van der Waals surface area contributed by atoms with Crippen molar-refractivity contribution in [1.82, 2.24) is 34.8 Å². The number of nitrogen functional groups attached to an aromatic ring is 2. The molecule has 2 aliphatic carbocycles. The van der Waals surface area contributed by atoms with E-state index in [0.29, 0.717) is 45.7 Å². The Morgan fingerprint density at radius 1 is 1.08 bits per heavy atom. The Bertz CT molecular complexity index is 2040. The second kappa shape index (κ2) is 12.2. The van der Waals surface area contributed by atoms with Crippen molar-refractivity contribution in [3.05, 3.63) is 57.4 Å². The molecular formula is C35H41N11OS. The smallest absolute Gasteiger partial charge is 0.186 e. The van der Waals surface area contributed by atoms with E-state index in [9.17, 15) is 5.26 Å². The number of likely N-dealkylation sites (tertiary alicyclic amines) is 1. The number of pyridine rings is 1. The highest BCUT2D eigenvalue weighted by Crippen LogP contribution is 2.47. The van der Waals surface area contributed by atoms with Crippen LogP contribution in [0.1, 0.15) is 97.0 Å². The maximum absolute atomic E-state index is 9.86. The highest BCUT2D eigenvalue weighted by molar-refractivity contribution is 7.16. The van der Waals surface area contributed by atoms with E-state index in [4.69, 9.17) is 31.1 Å². The van der Waals surface area contributed by atoms with Crippen LogP contribution in [-0.4, -0.2) is 54.4 Å². The fraction of sp³-hybridized carbons (Fsp3) is 0.486. The molecule has 1 aliphatic heterocycles. The van der Waals surface area contributed by atoms with E-state index in [1.807, 2.05) is 25.3 Å². The number of fused-ring (bicyclic) bond motifs is 5. The fourth-order valence-corrected chi connectivity index (χ4v) is 9.43. The van der Waals surface area contributed by atoms with Gasteiger partial charge in [-0.05, 0) is 102 Å². The lowest BCUT2D eigenvalue weighted by Crippen LogP contribution is -2.33. The van der Waals surface area contributed by atoms with Crippen LogP contribution in [0, 0.1) is 17.2 Å².